The monoisotopic (exact) mass is 170 g/mol. The average molecular weight is 170 g/mol. The highest BCUT2D eigenvalue weighted by Crippen LogP contribution is 2.18. The Hall–Kier alpha value is -1.26. The first-order valence-electron chi connectivity index (χ1n) is 3.40. The van der Waals surface area contributed by atoms with Crippen molar-refractivity contribution in [2.45, 2.75) is 12.9 Å². The summed E-state index contributed by atoms with van der Waals surface area (Å²) >= 11 is 0. The Morgan fingerprint density at radius 2 is 1.67 bits per heavy atom. The summed E-state index contributed by atoms with van der Waals surface area (Å²) in [5.74, 6) is -1.81. The topological polar surface area (TPSA) is 69.9 Å². The van der Waals surface area contributed by atoms with Gasteiger partial charge >= 0.3 is 5.97 Å². The molecule has 0 atom stereocenters. The fraction of sp³-hybridized carbons (Fsp3) is 0.250. The largest absolute Gasteiger partial charge is 0.508 e. The maximum Gasteiger partial charge on any atom is 0.318 e. The summed E-state index contributed by atoms with van der Waals surface area (Å²) in [5.41, 5.74) is 0. The van der Waals surface area contributed by atoms with Gasteiger partial charge in [0.15, 0.2) is 0 Å². The number of phenols is 1. The summed E-state index contributed by atoms with van der Waals surface area (Å²) in [6, 6.07) is 5.64. The molecule has 0 aliphatic rings. The van der Waals surface area contributed by atoms with Crippen molar-refractivity contribution in [1.29, 1.82) is 0 Å². The van der Waals surface area contributed by atoms with Gasteiger partial charge < -0.3 is 20.1 Å². The molecule has 0 unspecified atom stereocenters. The quantitative estimate of drug-likeness (QED) is 0.563. The zero-order chi connectivity index (χ0) is 9.19. The van der Waals surface area contributed by atoms with Crippen LogP contribution in [0.5, 0.6) is 11.5 Å². The Kier molecular flexibility index (Phi) is 2.21. The number of aliphatic hydroxyl groups is 2. The maximum atomic E-state index is 8.87. The van der Waals surface area contributed by atoms with Crippen molar-refractivity contribution in [1.82, 2.24) is 0 Å². The molecule has 3 N–H and O–H groups in total. The third-order valence-corrected chi connectivity index (χ3v) is 1.15. The molecule has 1 rings (SSSR count). The van der Waals surface area contributed by atoms with Crippen molar-refractivity contribution in [3.8, 4) is 11.5 Å². The van der Waals surface area contributed by atoms with Crippen LogP contribution in [0, 0.1) is 0 Å². The van der Waals surface area contributed by atoms with Crippen LogP contribution in [-0.2, 0) is 0 Å². The Morgan fingerprint density at radius 1 is 1.17 bits per heavy atom. The van der Waals surface area contributed by atoms with Crippen molar-refractivity contribution >= 4 is 0 Å². The summed E-state index contributed by atoms with van der Waals surface area (Å²) in [5, 5.41) is 26.5. The van der Waals surface area contributed by atoms with Gasteiger partial charge in [-0.3, -0.25) is 0 Å². The Bertz CT molecular complexity index is 247. The first-order chi connectivity index (χ1) is 5.47. The van der Waals surface area contributed by atoms with E-state index in [4.69, 9.17) is 15.3 Å². The summed E-state index contributed by atoms with van der Waals surface area (Å²) in [7, 11) is 0. The van der Waals surface area contributed by atoms with E-state index in [2.05, 4.69) is 4.74 Å². The molecule has 12 heavy (non-hydrogen) atoms. The Morgan fingerprint density at radius 3 is 2.08 bits per heavy atom. The molecule has 0 bridgehead atoms. The molecule has 0 fully saturated rings. The lowest BCUT2D eigenvalue weighted by molar-refractivity contribution is -0.277. The van der Waals surface area contributed by atoms with Crippen LogP contribution in [0.25, 0.3) is 0 Å². The molecule has 0 aliphatic carbocycles. The molecule has 0 radical (unpaired) electrons. The van der Waals surface area contributed by atoms with E-state index in [9.17, 15) is 0 Å². The second-order valence-corrected chi connectivity index (χ2v) is 2.53. The normalized spacial score (nSPS) is 11.2. The molecule has 0 aromatic heterocycles. The first-order valence-corrected chi connectivity index (χ1v) is 3.40. The van der Waals surface area contributed by atoms with Gasteiger partial charge in [0.2, 0.25) is 0 Å². The van der Waals surface area contributed by atoms with Crippen LogP contribution in [0.1, 0.15) is 6.92 Å². The fourth-order valence-electron chi connectivity index (χ4n) is 0.737. The number of benzene rings is 1. The highest BCUT2D eigenvalue weighted by Gasteiger charge is 2.16. The lowest BCUT2D eigenvalue weighted by atomic mass is 10.3. The lowest BCUT2D eigenvalue weighted by Crippen LogP contribution is -2.30. The summed E-state index contributed by atoms with van der Waals surface area (Å²) in [6.45, 7) is 1.10. The second kappa shape index (κ2) is 3.00. The van der Waals surface area contributed by atoms with Gasteiger partial charge in [0.25, 0.3) is 0 Å². The van der Waals surface area contributed by atoms with Gasteiger partial charge in [-0.1, -0.05) is 0 Å². The summed E-state index contributed by atoms with van der Waals surface area (Å²) in [4.78, 5) is 0. The van der Waals surface area contributed by atoms with Crippen LogP contribution >= 0.6 is 0 Å². The number of hydrogen-bond acceptors (Lipinski definition) is 4. The first kappa shape index (κ1) is 8.83. The van der Waals surface area contributed by atoms with Gasteiger partial charge in [0.1, 0.15) is 11.5 Å². The van der Waals surface area contributed by atoms with Crippen molar-refractivity contribution < 1.29 is 20.1 Å². The molecular weight excluding hydrogens is 160 g/mol. The molecule has 66 valence electrons. The summed E-state index contributed by atoms with van der Waals surface area (Å²) < 4.78 is 4.66. The molecule has 0 amide bonds. The van der Waals surface area contributed by atoms with Crippen molar-refractivity contribution in [2.75, 3.05) is 0 Å². The molecule has 0 saturated heterocycles. The SMILES string of the molecule is CC(O)(O)Oc1ccc(O)cc1. The average Bonchev–Trinajstić information content (AvgIpc) is 1.91. The van der Waals surface area contributed by atoms with Gasteiger partial charge in [-0.15, -0.1) is 0 Å². The van der Waals surface area contributed by atoms with Gasteiger partial charge in [-0.05, 0) is 24.3 Å². The number of ether oxygens (including phenoxy) is 1. The minimum atomic E-state index is -2.18. The van der Waals surface area contributed by atoms with E-state index in [0.29, 0.717) is 0 Å². The predicted octanol–water partition coefficient (Wildman–Crippen LogP) is 0.429. The van der Waals surface area contributed by atoms with Crippen LogP contribution in [0.2, 0.25) is 0 Å². The van der Waals surface area contributed by atoms with E-state index < -0.39 is 5.97 Å². The number of rotatable bonds is 2. The molecule has 0 aliphatic heterocycles. The van der Waals surface area contributed by atoms with Crippen molar-refractivity contribution in [2.24, 2.45) is 0 Å². The van der Waals surface area contributed by atoms with Crippen molar-refractivity contribution in [3.63, 3.8) is 0 Å². The third kappa shape index (κ3) is 2.77. The second-order valence-electron chi connectivity index (χ2n) is 2.53. The van der Waals surface area contributed by atoms with E-state index in [-0.39, 0.29) is 11.5 Å². The van der Waals surface area contributed by atoms with Gasteiger partial charge in [0.05, 0.1) is 0 Å². The molecule has 0 saturated carbocycles. The molecule has 1 aromatic carbocycles. The molecule has 0 heterocycles. The van der Waals surface area contributed by atoms with Gasteiger partial charge in [-0.2, -0.15) is 0 Å². The minimum absolute atomic E-state index is 0.0972. The Labute approximate surface area is 69.7 Å². The number of aromatic hydroxyl groups is 1. The van der Waals surface area contributed by atoms with Gasteiger partial charge in [-0.25, -0.2) is 0 Å². The molecule has 4 heteroatoms. The van der Waals surface area contributed by atoms with Crippen LogP contribution in [0.4, 0.5) is 0 Å². The maximum absolute atomic E-state index is 8.87. The lowest BCUT2D eigenvalue weighted by Gasteiger charge is -2.17. The van der Waals surface area contributed by atoms with E-state index in [1.165, 1.54) is 24.3 Å². The Balaban J connectivity index is 2.71. The highest BCUT2D eigenvalue weighted by molar-refractivity contribution is 5.30. The predicted molar refractivity (Wildman–Crippen MR) is 41.6 cm³/mol. The van der Waals surface area contributed by atoms with E-state index in [1.54, 1.807) is 0 Å². The van der Waals surface area contributed by atoms with Crippen LogP contribution in [0.15, 0.2) is 24.3 Å². The zero-order valence-corrected chi connectivity index (χ0v) is 6.56. The number of hydrogen-bond donors (Lipinski definition) is 3. The standard InChI is InChI=1S/C8H10O4/c1-8(10,11)12-7-4-2-6(9)3-5-7/h2-5,9-11H,1H3. The van der Waals surface area contributed by atoms with Crippen molar-refractivity contribution in [3.05, 3.63) is 24.3 Å². The third-order valence-electron chi connectivity index (χ3n) is 1.15. The molecule has 4 nitrogen and oxygen atoms in total. The van der Waals surface area contributed by atoms with E-state index in [0.717, 1.165) is 6.92 Å². The van der Waals surface area contributed by atoms with E-state index >= 15 is 0 Å². The van der Waals surface area contributed by atoms with Gasteiger partial charge in [0, 0.05) is 6.92 Å². The zero-order valence-electron chi connectivity index (χ0n) is 6.56. The smallest absolute Gasteiger partial charge is 0.318 e. The van der Waals surface area contributed by atoms with Crippen LogP contribution in [-0.4, -0.2) is 21.3 Å². The highest BCUT2D eigenvalue weighted by atomic mass is 16.8. The molecule has 0 spiro atoms. The molecule has 1 aromatic rings. The van der Waals surface area contributed by atoms with Crippen LogP contribution < -0.4 is 4.74 Å². The molecular formula is C8H10O4. The van der Waals surface area contributed by atoms with E-state index in [1.807, 2.05) is 0 Å². The minimum Gasteiger partial charge on any atom is -0.508 e. The fourth-order valence-corrected chi connectivity index (χ4v) is 0.737. The summed E-state index contributed by atoms with van der Waals surface area (Å²) in [6.07, 6.45) is 0. The number of phenolic OH excluding ortho intramolecular Hbond substituents is 1. The van der Waals surface area contributed by atoms with Crippen LogP contribution in [0.3, 0.4) is 0 Å².